The van der Waals surface area contributed by atoms with Crippen LogP contribution in [0.2, 0.25) is 0 Å². The highest BCUT2D eigenvalue weighted by atomic mass is 127. The molecule has 15 heavy (non-hydrogen) atoms. The first kappa shape index (κ1) is 12.7. The van der Waals surface area contributed by atoms with Crippen LogP contribution in [-0.4, -0.2) is 22.8 Å². The Bertz CT molecular complexity index is 318. The summed E-state index contributed by atoms with van der Waals surface area (Å²) in [5.41, 5.74) is 0.233. The normalized spacial score (nSPS) is 11.7. The molecule has 0 amide bonds. The third-order valence-electron chi connectivity index (χ3n) is 1.44. The summed E-state index contributed by atoms with van der Waals surface area (Å²) in [4.78, 5) is 0. The summed E-state index contributed by atoms with van der Waals surface area (Å²) in [5.74, 6) is 0. The van der Waals surface area contributed by atoms with Crippen molar-refractivity contribution in [3.8, 4) is 0 Å². The van der Waals surface area contributed by atoms with Crippen LogP contribution in [-0.2, 0) is 11.3 Å². The summed E-state index contributed by atoms with van der Waals surface area (Å²) in [6.45, 7) is -3.65. The zero-order valence-electron chi connectivity index (χ0n) is 7.34. The first-order chi connectivity index (χ1) is 7.00. The van der Waals surface area contributed by atoms with E-state index in [2.05, 4.69) is 9.84 Å². The average Bonchev–Trinajstić information content (AvgIpc) is 2.47. The van der Waals surface area contributed by atoms with Crippen molar-refractivity contribution in [3.05, 3.63) is 15.5 Å². The Kier molecular flexibility index (Phi) is 4.77. The van der Waals surface area contributed by atoms with E-state index in [4.69, 9.17) is 0 Å². The molecule has 0 aliphatic heterocycles. The molecule has 8 heteroatoms. The number of nitrogens with zero attached hydrogens (tertiary/aromatic N) is 2. The van der Waals surface area contributed by atoms with Gasteiger partial charge in [0.1, 0.15) is 12.3 Å². The molecule has 0 aromatic carbocycles. The Morgan fingerprint density at radius 3 is 2.53 bits per heavy atom. The molecule has 0 saturated carbocycles. The van der Waals surface area contributed by atoms with Crippen molar-refractivity contribution in [2.75, 3.05) is 6.61 Å². The summed E-state index contributed by atoms with van der Waals surface area (Å²) < 4.78 is 53.2. The molecule has 0 unspecified atom stereocenters. The highest BCUT2D eigenvalue weighted by molar-refractivity contribution is 14.1. The van der Waals surface area contributed by atoms with Crippen LogP contribution >= 0.6 is 22.6 Å². The van der Waals surface area contributed by atoms with Crippen molar-refractivity contribution in [3.63, 3.8) is 0 Å². The second kappa shape index (κ2) is 5.64. The SMILES string of the molecule is FC(F)COCc1nn(C(F)F)cc1I. The Labute approximate surface area is 96.5 Å². The lowest BCUT2D eigenvalue weighted by molar-refractivity contribution is 0.00732. The van der Waals surface area contributed by atoms with Crippen LogP contribution in [0.25, 0.3) is 0 Å². The van der Waals surface area contributed by atoms with Crippen LogP contribution in [0.4, 0.5) is 17.6 Å². The van der Waals surface area contributed by atoms with Gasteiger partial charge in [0.05, 0.1) is 10.2 Å². The molecule has 0 atom stereocenters. The second-order valence-corrected chi connectivity index (χ2v) is 3.75. The van der Waals surface area contributed by atoms with Crippen molar-refractivity contribution in [1.29, 1.82) is 0 Å². The Morgan fingerprint density at radius 1 is 1.40 bits per heavy atom. The van der Waals surface area contributed by atoms with Gasteiger partial charge in [0.15, 0.2) is 0 Å². The van der Waals surface area contributed by atoms with Gasteiger partial charge in [0, 0.05) is 6.20 Å². The van der Waals surface area contributed by atoms with Gasteiger partial charge in [-0.2, -0.15) is 13.9 Å². The summed E-state index contributed by atoms with van der Waals surface area (Å²) in [7, 11) is 0. The largest absolute Gasteiger partial charge is 0.369 e. The number of hydrogen-bond donors (Lipinski definition) is 0. The van der Waals surface area contributed by atoms with Crippen LogP contribution in [0.15, 0.2) is 6.20 Å². The van der Waals surface area contributed by atoms with Crippen LogP contribution in [0, 0.1) is 3.57 Å². The molecular formula is C7H7F4IN2O. The number of alkyl halides is 4. The van der Waals surface area contributed by atoms with Gasteiger partial charge in [0.2, 0.25) is 0 Å². The quantitative estimate of drug-likeness (QED) is 0.610. The van der Waals surface area contributed by atoms with Gasteiger partial charge < -0.3 is 4.74 Å². The van der Waals surface area contributed by atoms with Gasteiger partial charge in [-0.15, -0.1) is 0 Å². The van der Waals surface area contributed by atoms with E-state index in [0.29, 0.717) is 8.25 Å². The van der Waals surface area contributed by atoms with Crippen molar-refractivity contribution in [2.24, 2.45) is 0 Å². The molecule has 0 bridgehead atoms. The standard InChI is InChI=1S/C7H7F4IN2O/c8-6(9)3-15-2-5-4(12)1-14(13-5)7(10)11/h1,6-7H,2-3H2. The average molecular weight is 338 g/mol. The highest BCUT2D eigenvalue weighted by Crippen LogP contribution is 2.16. The minimum absolute atomic E-state index is 0.192. The van der Waals surface area contributed by atoms with Crippen LogP contribution in [0.5, 0.6) is 0 Å². The zero-order chi connectivity index (χ0) is 11.4. The lowest BCUT2D eigenvalue weighted by Gasteiger charge is -2.01. The van der Waals surface area contributed by atoms with Crippen molar-refractivity contribution in [1.82, 2.24) is 9.78 Å². The van der Waals surface area contributed by atoms with E-state index in [1.807, 2.05) is 0 Å². The molecule has 0 spiro atoms. The predicted octanol–water partition coefficient (Wildman–Crippen LogP) is 2.66. The number of hydrogen-bond acceptors (Lipinski definition) is 2. The van der Waals surface area contributed by atoms with Crippen LogP contribution < -0.4 is 0 Å². The Morgan fingerprint density at radius 2 is 2.07 bits per heavy atom. The number of halogens is 5. The van der Waals surface area contributed by atoms with E-state index in [-0.39, 0.29) is 12.3 Å². The molecule has 0 aliphatic carbocycles. The molecule has 86 valence electrons. The maximum atomic E-state index is 12.1. The molecule has 3 nitrogen and oxygen atoms in total. The molecule has 1 rings (SSSR count). The van der Waals surface area contributed by atoms with E-state index in [1.54, 1.807) is 22.6 Å². The maximum absolute atomic E-state index is 12.1. The maximum Gasteiger partial charge on any atom is 0.333 e. The smallest absolute Gasteiger partial charge is 0.333 e. The summed E-state index contributed by atoms with van der Waals surface area (Å²) in [6.07, 6.45) is -1.44. The van der Waals surface area contributed by atoms with E-state index in [9.17, 15) is 17.6 Å². The first-order valence-corrected chi connectivity index (χ1v) is 4.96. The molecule has 0 radical (unpaired) electrons. The van der Waals surface area contributed by atoms with Crippen molar-refractivity contribution < 1.29 is 22.3 Å². The fourth-order valence-electron chi connectivity index (χ4n) is 0.849. The molecular weight excluding hydrogens is 331 g/mol. The summed E-state index contributed by atoms with van der Waals surface area (Å²) in [5, 5.41) is 3.50. The minimum atomic E-state index is -2.73. The molecule has 1 heterocycles. The van der Waals surface area contributed by atoms with Gasteiger partial charge >= 0.3 is 6.55 Å². The van der Waals surface area contributed by atoms with Gasteiger partial charge in [-0.3, -0.25) is 0 Å². The Balaban J connectivity index is 2.53. The third kappa shape index (κ3) is 3.93. The van der Waals surface area contributed by atoms with Gasteiger partial charge in [-0.05, 0) is 22.6 Å². The van der Waals surface area contributed by atoms with Crippen molar-refractivity contribution in [2.45, 2.75) is 19.6 Å². The first-order valence-electron chi connectivity index (χ1n) is 3.88. The van der Waals surface area contributed by atoms with Gasteiger partial charge in [0.25, 0.3) is 6.43 Å². The van der Waals surface area contributed by atoms with Gasteiger partial charge in [-0.1, -0.05) is 0 Å². The number of aromatic nitrogens is 2. The fourth-order valence-corrected chi connectivity index (χ4v) is 1.40. The molecule has 0 N–H and O–H groups in total. The lowest BCUT2D eigenvalue weighted by Crippen LogP contribution is -2.06. The van der Waals surface area contributed by atoms with E-state index in [0.717, 1.165) is 6.20 Å². The Hall–Kier alpha value is -0.380. The molecule has 1 aromatic heterocycles. The molecule has 0 aliphatic rings. The third-order valence-corrected chi connectivity index (χ3v) is 2.34. The lowest BCUT2D eigenvalue weighted by atomic mass is 10.5. The highest BCUT2D eigenvalue weighted by Gasteiger charge is 2.13. The van der Waals surface area contributed by atoms with Crippen molar-refractivity contribution >= 4 is 22.6 Å². The summed E-state index contributed by atoms with van der Waals surface area (Å²) >= 11 is 1.79. The molecule has 0 saturated heterocycles. The monoisotopic (exact) mass is 338 g/mol. The van der Waals surface area contributed by atoms with E-state index >= 15 is 0 Å². The zero-order valence-corrected chi connectivity index (χ0v) is 9.50. The molecule has 0 fully saturated rings. The number of ether oxygens (including phenoxy) is 1. The van der Waals surface area contributed by atoms with Gasteiger partial charge in [-0.25, -0.2) is 13.5 Å². The fraction of sp³-hybridized carbons (Fsp3) is 0.571. The van der Waals surface area contributed by atoms with E-state index < -0.39 is 19.6 Å². The summed E-state index contributed by atoms with van der Waals surface area (Å²) in [6, 6.07) is 0. The number of rotatable bonds is 5. The minimum Gasteiger partial charge on any atom is -0.369 e. The predicted molar refractivity (Wildman–Crippen MR) is 51.9 cm³/mol. The second-order valence-electron chi connectivity index (χ2n) is 2.59. The van der Waals surface area contributed by atoms with Crippen LogP contribution in [0.3, 0.4) is 0 Å². The van der Waals surface area contributed by atoms with Crippen LogP contribution in [0.1, 0.15) is 12.2 Å². The molecule has 1 aromatic rings. The topological polar surface area (TPSA) is 27.1 Å². The van der Waals surface area contributed by atoms with E-state index in [1.165, 1.54) is 0 Å².